The summed E-state index contributed by atoms with van der Waals surface area (Å²) < 4.78 is 11.9. The molecule has 8 heteroatoms. The minimum absolute atomic E-state index is 0.0675. The lowest BCUT2D eigenvalue weighted by Crippen LogP contribution is -2.16. The molecule has 2 aromatic carbocycles. The summed E-state index contributed by atoms with van der Waals surface area (Å²) in [5, 5.41) is 3.92. The number of nitrogens with two attached hydrogens (primary N) is 1. The molecule has 0 atom stereocenters. The highest BCUT2D eigenvalue weighted by Gasteiger charge is 2.13. The average molecular weight is 477 g/mol. The fraction of sp³-hybridized carbons (Fsp3) is 0.211. The van der Waals surface area contributed by atoms with E-state index in [4.69, 9.17) is 15.2 Å². The van der Waals surface area contributed by atoms with Crippen LogP contribution in [0.1, 0.15) is 17.5 Å². The third-order valence-corrected chi connectivity index (χ3v) is 4.27. The SMILES string of the molecule is CCOCCOc1[c]cc2c(Nc3cccc(I)c3)nc(C(N)=O)nc2c1. The monoisotopic (exact) mass is 477 g/mol. The normalized spacial score (nSPS) is 10.7. The molecule has 0 aliphatic rings. The topological polar surface area (TPSA) is 99.4 Å². The molecule has 1 heterocycles. The first kappa shape index (κ1) is 19.3. The van der Waals surface area contributed by atoms with Crippen molar-refractivity contribution in [3.05, 3.63) is 51.9 Å². The summed E-state index contributed by atoms with van der Waals surface area (Å²) in [7, 11) is 0. The Morgan fingerprint density at radius 3 is 2.89 bits per heavy atom. The fourth-order valence-electron chi connectivity index (χ4n) is 2.39. The van der Waals surface area contributed by atoms with Gasteiger partial charge in [0.25, 0.3) is 5.91 Å². The number of primary amides is 1. The number of halogens is 1. The molecule has 3 N–H and O–H groups in total. The number of nitrogens with one attached hydrogen (secondary N) is 1. The lowest BCUT2D eigenvalue weighted by atomic mass is 10.2. The standard InChI is InChI=1S/C19H18IN4O3/c1-2-26-8-9-27-14-6-7-15-16(11-14)23-19(17(21)25)24-18(15)22-13-5-3-4-12(20)10-13/h3-5,7,10-11H,2,8-9H2,1H3,(H2,21,25)(H,22,23,24). The number of benzene rings is 2. The predicted molar refractivity (Wildman–Crippen MR) is 111 cm³/mol. The number of amides is 1. The van der Waals surface area contributed by atoms with E-state index in [-0.39, 0.29) is 5.82 Å². The molecule has 0 fully saturated rings. The maximum atomic E-state index is 11.6. The smallest absolute Gasteiger partial charge is 0.286 e. The van der Waals surface area contributed by atoms with Crippen LogP contribution in [0.4, 0.5) is 11.5 Å². The van der Waals surface area contributed by atoms with E-state index in [1.165, 1.54) is 0 Å². The van der Waals surface area contributed by atoms with Crippen molar-refractivity contribution < 1.29 is 14.3 Å². The van der Waals surface area contributed by atoms with Crippen LogP contribution in [0.15, 0.2) is 36.4 Å². The molecule has 139 valence electrons. The lowest BCUT2D eigenvalue weighted by molar-refractivity contribution is 0.0991. The first-order chi connectivity index (χ1) is 13.1. The molecule has 1 aromatic heterocycles. The molecule has 27 heavy (non-hydrogen) atoms. The quantitative estimate of drug-likeness (QED) is 0.382. The highest BCUT2D eigenvalue weighted by atomic mass is 127. The zero-order valence-electron chi connectivity index (χ0n) is 14.7. The molecule has 0 bridgehead atoms. The molecule has 1 amide bonds. The third kappa shape index (κ3) is 5.04. The summed E-state index contributed by atoms with van der Waals surface area (Å²) >= 11 is 2.23. The third-order valence-electron chi connectivity index (χ3n) is 3.60. The van der Waals surface area contributed by atoms with Gasteiger partial charge in [-0.1, -0.05) is 6.07 Å². The summed E-state index contributed by atoms with van der Waals surface area (Å²) in [5.41, 5.74) is 6.78. The number of rotatable bonds is 8. The van der Waals surface area contributed by atoms with Gasteiger partial charge >= 0.3 is 0 Å². The van der Waals surface area contributed by atoms with Crippen LogP contribution in [0.3, 0.4) is 0 Å². The van der Waals surface area contributed by atoms with Gasteiger partial charge in [-0.2, -0.15) is 0 Å². The number of nitrogens with zero attached hydrogens (tertiary/aromatic N) is 2. The Morgan fingerprint density at radius 2 is 2.15 bits per heavy atom. The Bertz CT molecular complexity index is 965. The van der Waals surface area contributed by atoms with Crippen LogP contribution in [0.25, 0.3) is 10.9 Å². The summed E-state index contributed by atoms with van der Waals surface area (Å²) in [6, 6.07) is 14.3. The maximum absolute atomic E-state index is 11.6. The first-order valence-electron chi connectivity index (χ1n) is 8.33. The van der Waals surface area contributed by atoms with Crippen LogP contribution < -0.4 is 15.8 Å². The van der Waals surface area contributed by atoms with Gasteiger partial charge in [0.15, 0.2) is 0 Å². The number of carbonyl (C=O) groups is 1. The van der Waals surface area contributed by atoms with Gasteiger partial charge in [0.1, 0.15) is 18.2 Å². The molecular weight excluding hydrogens is 459 g/mol. The highest BCUT2D eigenvalue weighted by molar-refractivity contribution is 14.1. The molecule has 0 unspecified atom stereocenters. The van der Waals surface area contributed by atoms with Crippen molar-refractivity contribution >= 4 is 50.9 Å². The van der Waals surface area contributed by atoms with Crippen LogP contribution in [-0.4, -0.2) is 35.7 Å². The van der Waals surface area contributed by atoms with Gasteiger partial charge in [-0.25, -0.2) is 9.97 Å². The van der Waals surface area contributed by atoms with Gasteiger partial charge in [-0.05, 0) is 53.8 Å². The van der Waals surface area contributed by atoms with E-state index >= 15 is 0 Å². The summed E-state index contributed by atoms with van der Waals surface area (Å²) in [4.78, 5) is 20.1. The molecule has 0 saturated carbocycles. The van der Waals surface area contributed by atoms with Crippen LogP contribution in [0, 0.1) is 9.64 Å². The van der Waals surface area contributed by atoms with E-state index in [1.807, 2.05) is 31.2 Å². The number of aromatic nitrogens is 2. The molecule has 0 saturated heterocycles. The summed E-state index contributed by atoms with van der Waals surface area (Å²) in [6.45, 7) is 3.44. The molecule has 3 aromatic rings. The van der Waals surface area contributed by atoms with Gasteiger partial charge < -0.3 is 20.5 Å². The van der Waals surface area contributed by atoms with Crippen molar-refractivity contribution in [3.8, 4) is 5.75 Å². The van der Waals surface area contributed by atoms with Crippen molar-refractivity contribution in [3.63, 3.8) is 0 Å². The number of ether oxygens (including phenoxy) is 2. The van der Waals surface area contributed by atoms with Crippen molar-refractivity contribution in [2.75, 3.05) is 25.1 Å². The fourth-order valence-corrected chi connectivity index (χ4v) is 2.94. The minimum atomic E-state index is -0.700. The molecular formula is C19H18IN4O3. The van der Waals surface area contributed by atoms with Gasteiger partial charge in [0, 0.05) is 33.4 Å². The zero-order chi connectivity index (χ0) is 19.2. The Labute approximate surface area is 170 Å². The van der Waals surface area contributed by atoms with E-state index in [1.54, 1.807) is 12.1 Å². The number of fused-ring (bicyclic) bond motifs is 1. The van der Waals surface area contributed by atoms with Crippen molar-refractivity contribution in [2.24, 2.45) is 5.73 Å². The Kier molecular flexibility index (Phi) is 6.40. The van der Waals surface area contributed by atoms with Gasteiger partial charge in [0.05, 0.1) is 12.1 Å². The average Bonchev–Trinajstić information content (AvgIpc) is 2.65. The lowest BCUT2D eigenvalue weighted by Gasteiger charge is -2.12. The van der Waals surface area contributed by atoms with Gasteiger partial charge in [0.2, 0.25) is 5.82 Å². The second kappa shape index (κ2) is 8.96. The number of hydrogen-bond donors (Lipinski definition) is 2. The van der Waals surface area contributed by atoms with E-state index < -0.39 is 5.91 Å². The minimum Gasteiger partial charge on any atom is -0.490 e. The summed E-state index contributed by atoms with van der Waals surface area (Å²) in [6.07, 6.45) is 0. The number of carbonyl (C=O) groups excluding carboxylic acids is 1. The molecule has 0 aliphatic carbocycles. The number of hydrogen-bond acceptors (Lipinski definition) is 6. The van der Waals surface area contributed by atoms with E-state index in [2.05, 4.69) is 43.9 Å². The Balaban J connectivity index is 1.95. The van der Waals surface area contributed by atoms with Crippen molar-refractivity contribution in [1.29, 1.82) is 0 Å². The second-order valence-electron chi connectivity index (χ2n) is 5.54. The van der Waals surface area contributed by atoms with Crippen LogP contribution >= 0.6 is 22.6 Å². The van der Waals surface area contributed by atoms with Crippen LogP contribution in [0.2, 0.25) is 0 Å². The first-order valence-corrected chi connectivity index (χ1v) is 9.41. The predicted octanol–water partition coefficient (Wildman–Crippen LogP) is 3.29. The molecule has 3 rings (SSSR count). The summed E-state index contributed by atoms with van der Waals surface area (Å²) in [5.74, 6) is 0.223. The van der Waals surface area contributed by atoms with Crippen molar-refractivity contribution in [2.45, 2.75) is 6.92 Å². The Morgan fingerprint density at radius 1 is 1.30 bits per heavy atom. The zero-order valence-corrected chi connectivity index (χ0v) is 16.8. The van der Waals surface area contributed by atoms with E-state index in [0.29, 0.717) is 42.3 Å². The molecule has 0 aliphatic heterocycles. The number of anilines is 2. The molecule has 7 nitrogen and oxygen atoms in total. The van der Waals surface area contributed by atoms with E-state index in [9.17, 15) is 4.79 Å². The van der Waals surface area contributed by atoms with Crippen molar-refractivity contribution in [1.82, 2.24) is 9.97 Å². The highest BCUT2D eigenvalue weighted by Crippen LogP contribution is 2.27. The maximum Gasteiger partial charge on any atom is 0.286 e. The van der Waals surface area contributed by atoms with Crippen LogP contribution in [0.5, 0.6) is 5.75 Å². The second-order valence-corrected chi connectivity index (χ2v) is 6.78. The largest absolute Gasteiger partial charge is 0.490 e. The van der Waals surface area contributed by atoms with Crippen LogP contribution in [-0.2, 0) is 4.74 Å². The molecule has 1 radical (unpaired) electrons. The van der Waals surface area contributed by atoms with Gasteiger partial charge in [-0.3, -0.25) is 4.79 Å². The molecule has 0 spiro atoms. The van der Waals surface area contributed by atoms with Gasteiger partial charge in [-0.15, -0.1) is 0 Å². The van der Waals surface area contributed by atoms with E-state index in [0.717, 1.165) is 9.26 Å². The Hall–Kier alpha value is -2.46.